The molecule has 0 bridgehead atoms. The molecule has 0 fully saturated rings. The fourth-order valence-electron chi connectivity index (χ4n) is 2.43. The van der Waals surface area contributed by atoms with E-state index in [2.05, 4.69) is 10.4 Å². The zero-order valence-electron chi connectivity index (χ0n) is 14.1. The van der Waals surface area contributed by atoms with Crippen LogP contribution in [0.4, 0.5) is 18.9 Å². The van der Waals surface area contributed by atoms with Gasteiger partial charge in [0.1, 0.15) is 5.75 Å². The van der Waals surface area contributed by atoms with Crippen molar-refractivity contribution in [1.29, 1.82) is 0 Å². The number of nitrogens with one attached hydrogen (secondary N) is 1. The number of halogens is 3. The number of ether oxygens (including phenoxy) is 1. The number of carbonyl (C=O) groups excluding carboxylic acids is 2. The molecule has 0 saturated heterocycles. The second-order valence-electron chi connectivity index (χ2n) is 5.71. The first-order valence-corrected chi connectivity index (χ1v) is 7.77. The summed E-state index contributed by atoms with van der Waals surface area (Å²) in [6.45, 7) is 1.72. The number of carbonyl (C=O) groups is 2. The van der Waals surface area contributed by atoms with Gasteiger partial charge in [0.2, 0.25) is 0 Å². The van der Waals surface area contributed by atoms with Gasteiger partial charge in [0.25, 0.3) is 5.72 Å². The first kappa shape index (κ1) is 19.7. The van der Waals surface area contributed by atoms with E-state index in [-0.39, 0.29) is 22.8 Å². The average molecular weight is 373 g/mol. The molecule has 10 heteroatoms. The molecule has 7 nitrogen and oxygen atoms in total. The summed E-state index contributed by atoms with van der Waals surface area (Å²) in [4.78, 5) is 24.3. The molecule has 2 N–H and O–H groups in total. The van der Waals surface area contributed by atoms with Crippen molar-refractivity contribution in [3.05, 3.63) is 24.3 Å². The van der Waals surface area contributed by atoms with Gasteiger partial charge < -0.3 is 15.2 Å². The molecule has 0 unspecified atom stereocenters. The SMILES string of the molecule is CCCC1=NN(C(=O)C(=O)Nc2ccc(OC)cc2)[C@@](O)(C(F)(F)F)C1. The molecule has 26 heavy (non-hydrogen) atoms. The monoisotopic (exact) mass is 373 g/mol. The third kappa shape index (κ3) is 3.79. The number of nitrogens with zero attached hydrogens (tertiary/aromatic N) is 2. The van der Waals surface area contributed by atoms with Crippen LogP contribution in [0.25, 0.3) is 0 Å². The van der Waals surface area contributed by atoms with Crippen LogP contribution in [0.1, 0.15) is 26.2 Å². The number of anilines is 1. The van der Waals surface area contributed by atoms with Crippen LogP contribution in [0.15, 0.2) is 29.4 Å². The largest absolute Gasteiger partial charge is 0.497 e. The number of rotatable bonds is 4. The van der Waals surface area contributed by atoms with Gasteiger partial charge in [-0.1, -0.05) is 13.3 Å². The number of aliphatic hydroxyl groups is 1. The van der Waals surface area contributed by atoms with Crippen LogP contribution in [-0.4, -0.2) is 46.7 Å². The summed E-state index contributed by atoms with van der Waals surface area (Å²) in [7, 11) is 1.44. The fraction of sp³-hybridized carbons (Fsp3) is 0.438. The topological polar surface area (TPSA) is 91.2 Å². The molecule has 0 saturated carbocycles. The van der Waals surface area contributed by atoms with Gasteiger partial charge in [-0.2, -0.15) is 23.3 Å². The van der Waals surface area contributed by atoms with Crippen LogP contribution in [0.5, 0.6) is 5.75 Å². The van der Waals surface area contributed by atoms with Gasteiger partial charge in [-0.15, -0.1) is 0 Å². The molecule has 142 valence electrons. The average Bonchev–Trinajstić information content (AvgIpc) is 2.92. The summed E-state index contributed by atoms with van der Waals surface area (Å²) in [5, 5.41) is 15.5. The predicted molar refractivity (Wildman–Crippen MR) is 86.4 cm³/mol. The van der Waals surface area contributed by atoms with Crippen LogP contribution >= 0.6 is 0 Å². The molecule has 0 aliphatic carbocycles. The Bertz CT molecular complexity index is 718. The van der Waals surface area contributed by atoms with Gasteiger partial charge in [-0.05, 0) is 30.7 Å². The Morgan fingerprint density at radius 1 is 1.35 bits per heavy atom. The highest BCUT2D eigenvalue weighted by molar-refractivity contribution is 6.39. The second-order valence-corrected chi connectivity index (χ2v) is 5.71. The quantitative estimate of drug-likeness (QED) is 0.792. The minimum atomic E-state index is -5.16. The van der Waals surface area contributed by atoms with Crippen LogP contribution in [-0.2, 0) is 9.59 Å². The molecule has 0 aromatic heterocycles. The number of benzene rings is 1. The second kappa shape index (κ2) is 7.32. The van der Waals surface area contributed by atoms with E-state index in [4.69, 9.17) is 4.74 Å². The molecule has 1 aromatic carbocycles. The number of alkyl halides is 3. The summed E-state index contributed by atoms with van der Waals surface area (Å²) < 4.78 is 44.8. The number of amides is 2. The zero-order valence-corrected chi connectivity index (χ0v) is 14.1. The lowest BCUT2D eigenvalue weighted by atomic mass is 10.0. The Kier molecular flexibility index (Phi) is 5.55. The standard InChI is InChI=1S/C16H18F3N3O4/c1-3-4-11-9-15(25,16(17,18)19)22(21-11)14(24)13(23)20-10-5-7-12(26-2)8-6-10/h5-8,25H,3-4,9H2,1-2H3,(H,20,23)/t15-/m0/s1. The third-order valence-corrected chi connectivity index (χ3v) is 3.77. The van der Waals surface area contributed by atoms with Gasteiger partial charge in [-0.25, -0.2) is 0 Å². The Morgan fingerprint density at radius 2 is 1.96 bits per heavy atom. The summed E-state index contributed by atoms with van der Waals surface area (Å²) >= 11 is 0. The van der Waals surface area contributed by atoms with E-state index in [1.165, 1.54) is 31.4 Å². The van der Waals surface area contributed by atoms with Crippen molar-refractivity contribution in [2.75, 3.05) is 12.4 Å². The normalized spacial score (nSPS) is 19.9. The number of hydrazone groups is 1. The molecule has 0 spiro atoms. The van der Waals surface area contributed by atoms with Gasteiger partial charge in [0, 0.05) is 17.8 Å². The Labute approximate surface area is 147 Å². The van der Waals surface area contributed by atoms with Crippen LogP contribution in [0.3, 0.4) is 0 Å². The summed E-state index contributed by atoms with van der Waals surface area (Å²) in [6.07, 6.45) is -5.40. The highest BCUT2D eigenvalue weighted by atomic mass is 19.4. The van der Waals surface area contributed by atoms with Crippen molar-refractivity contribution >= 4 is 23.2 Å². The van der Waals surface area contributed by atoms with Gasteiger partial charge in [-0.3, -0.25) is 9.59 Å². The van der Waals surface area contributed by atoms with Crippen molar-refractivity contribution in [3.8, 4) is 5.75 Å². The number of methoxy groups -OCH3 is 1. The first-order chi connectivity index (χ1) is 12.1. The van der Waals surface area contributed by atoms with E-state index < -0.39 is 30.1 Å². The van der Waals surface area contributed by atoms with Crippen molar-refractivity contribution in [2.45, 2.75) is 38.1 Å². The minimum Gasteiger partial charge on any atom is -0.497 e. The Hall–Kier alpha value is -2.62. The maximum absolute atomic E-state index is 13.3. The van der Waals surface area contributed by atoms with Crippen molar-refractivity contribution in [3.63, 3.8) is 0 Å². The molecule has 0 radical (unpaired) electrons. The fourth-order valence-corrected chi connectivity index (χ4v) is 2.43. The highest BCUT2D eigenvalue weighted by Gasteiger charge is 2.63. The molecule has 2 amide bonds. The maximum atomic E-state index is 13.3. The third-order valence-electron chi connectivity index (χ3n) is 3.77. The highest BCUT2D eigenvalue weighted by Crippen LogP contribution is 2.41. The molecular formula is C16H18F3N3O4. The maximum Gasteiger partial charge on any atom is 0.438 e. The van der Waals surface area contributed by atoms with Crippen LogP contribution < -0.4 is 10.1 Å². The summed E-state index contributed by atoms with van der Waals surface area (Å²) in [6, 6.07) is 5.82. The lowest BCUT2D eigenvalue weighted by molar-refractivity contribution is -0.301. The molecular weight excluding hydrogens is 355 g/mol. The number of hydrogen-bond acceptors (Lipinski definition) is 5. The van der Waals surface area contributed by atoms with Crippen LogP contribution in [0.2, 0.25) is 0 Å². The minimum absolute atomic E-state index is 0.00192. The van der Waals surface area contributed by atoms with E-state index in [0.29, 0.717) is 12.2 Å². The van der Waals surface area contributed by atoms with Crippen molar-refractivity contribution in [2.24, 2.45) is 5.10 Å². The molecule has 2 rings (SSSR count). The van der Waals surface area contributed by atoms with E-state index >= 15 is 0 Å². The molecule has 1 atom stereocenters. The van der Waals surface area contributed by atoms with E-state index in [0.717, 1.165) is 0 Å². The summed E-state index contributed by atoms with van der Waals surface area (Å²) in [5.74, 6) is -2.46. The first-order valence-electron chi connectivity index (χ1n) is 7.77. The van der Waals surface area contributed by atoms with Gasteiger partial charge >= 0.3 is 18.0 Å². The number of hydrogen-bond donors (Lipinski definition) is 2. The lowest BCUT2D eigenvalue weighted by Crippen LogP contribution is -2.58. The molecule has 1 aliphatic rings. The van der Waals surface area contributed by atoms with Gasteiger partial charge in [0.15, 0.2) is 0 Å². The van der Waals surface area contributed by atoms with E-state index in [9.17, 15) is 27.9 Å². The molecule has 1 aliphatic heterocycles. The Balaban J connectivity index is 2.21. The van der Waals surface area contributed by atoms with Crippen LogP contribution in [0, 0.1) is 0 Å². The predicted octanol–water partition coefficient (Wildman–Crippen LogP) is 2.27. The van der Waals surface area contributed by atoms with Crippen molar-refractivity contribution in [1.82, 2.24) is 5.01 Å². The van der Waals surface area contributed by atoms with E-state index in [1.807, 2.05) is 0 Å². The van der Waals surface area contributed by atoms with E-state index in [1.54, 1.807) is 6.92 Å². The summed E-state index contributed by atoms with van der Waals surface area (Å²) in [5.41, 5.74) is -3.36. The smallest absolute Gasteiger partial charge is 0.438 e. The molecule has 1 heterocycles. The Morgan fingerprint density at radius 3 is 2.46 bits per heavy atom. The van der Waals surface area contributed by atoms with Crippen molar-refractivity contribution < 1.29 is 32.6 Å². The van der Waals surface area contributed by atoms with Gasteiger partial charge in [0.05, 0.1) is 7.11 Å². The zero-order chi connectivity index (χ0) is 19.5. The lowest BCUT2D eigenvalue weighted by Gasteiger charge is -2.32. The molecule has 1 aromatic rings.